The highest BCUT2D eigenvalue weighted by Gasteiger charge is 2.30. The van der Waals surface area contributed by atoms with Crippen LogP contribution in [0.3, 0.4) is 0 Å². The maximum absolute atomic E-state index is 15.4. The topological polar surface area (TPSA) is 81.5 Å². The van der Waals surface area contributed by atoms with Crippen LogP contribution in [-0.2, 0) is 22.6 Å². The van der Waals surface area contributed by atoms with Gasteiger partial charge >= 0.3 is 0 Å². The van der Waals surface area contributed by atoms with Crippen molar-refractivity contribution in [2.45, 2.75) is 31.0 Å². The van der Waals surface area contributed by atoms with Crippen molar-refractivity contribution in [2.24, 2.45) is 0 Å². The Balaban J connectivity index is 1.19. The van der Waals surface area contributed by atoms with Gasteiger partial charge in [0.25, 0.3) is 5.91 Å². The third kappa shape index (κ3) is 6.71. The van der Waals surface area contributed by atoms with Crippen LogP contribution in [0.2, 0.25) is 0 Å². The van der Waals surface area contributed by atoms with E-state index in [2.05, 4.69) is 37.9 Å². The predicted octanol–water partition coefficient (Wildman–Crippen LogP) is 8.27. The molecule has 0 fully saturated rings. The van der Waals surface area contributed by atoms with Gasteiger partial charge in [0.2, 0.25) is 0 Å². The minimum absolute atomic E-state index is 0.0118. The average Bonchev–Trinajstić information content (AvgIpc) is 3.69. The Hall–Kier alpha value is -4.30. The van der Waals surface area contributed by atoms with Crippen LogP contribution in [0.15, 0.2) is 96.9 Å². The molecule has 4 heterocycles. The molecule has 1 N–H and O–H groups in total. The molecular weight excluding hydrogens is 711 g/mol. The number of allylic oxidation sites excluding steroid dienone is 1. The van der Waals surface area contributed by atoms with Crippen molar-refractivity contribution in [2.75, 3.05) is 11.9 Å². The zero-order valence-corrected chi connectivity index (χ0v) is 27.3. The second-order valence-electron chi connectivity index (χ2n) is 10.1. The van der Waals surface area contributed by atoms with E-state index in [0.29, 0.717) is 30.2 Å². The number of hydrogen-bond acceptors (Lipinski definition) is 7. The number of hydrogen-bond donors (Lipinski definition) is 1. The number of aryl methyl sites for hydroxylation is 1. The Morgan fingerprint density at radius 3 is 2.62 bits per heavy atom. The molecule has 1 amide bonds. The summed E-state index contributed by atoms with van der Waals surface area (Å²) in [6, 6.07) is 14.1. The van der Waals surface area contributed by atoms with Crippen LogP contribution in [-0.4, -0.2) is 36.0 Å². The summed E-state index contributed by atoms with van der Waals surface area (Å²) in [5.41, 5.74) is 3.10. The maximum atomic E-state index is 15.4. The van der Waals surface area contributed by atoms with Gasteiger partial charge in [-0.2, -0.15) is 0 Å². The lowest BCUT2D eigenvalue weighted by molar-refractivity contribution is -0.113. The molecular formula is C33H28F2IN5O3S. The predicted molar refractivity (Wildman–Crippen MR) is 179 cm³/mol. The normalized spacial score (nSPS) is 14.7. The first-order valence-corrected chi connectivity index (χ1v) is 16.3. The van der Waals surface area contributed by atoms with Crippen molar-refractivity contribution in [3.8, 4) is 22.1 Å². The van der Waals surface area contributed by atoms with E-state index in [1.165, 1.54) is 35.6 Å². The molecule has 0 bridgehead atoms. The van der Waals surface area contributed by atoms with Gasteiger partial charge in [-0.15, -0.1) is 11.3 Å². The molecule has 6 rings (SSSR count). The summed E-state index contributed by atoms with van der Waals surface area (Å²) in [5.74, 6) is -0.459. The van der Waals surface area contributed by atoms with Gasteiger partial charge in [-0.25, -0.2) is 13.8 Å². The van der Waals surface area contributed by atoms with Crippen LogP contribution >= 0.6 is 33.9 Å². The van der Waals surface area contributed by atoms with Crippen molar-refractivity contribution in [3.63, 3.8) is 0 Å². The van der Waals surface area contributed by atoms with E-state index in [0.717, 1.165) is 32.9 Å². The van der Waals surface area contributed by atoms with Crippen molar-refractivity contribution in [1.29, 1.82) is 0 Å². The van der Waals surface area contributed by atoms with Crippen LogP contribution in [0.4, 0.5) is 14.5 Å². The van der Waals surface area contributed by atoms with E-state index >= 15 is 4.39 Å². The number of aromatic nitrogens is 3. The molecule has 2 aromatic carbocycles. The number of pyridine rings is 1. The summed E-state index contributed by atoms with van der Waals surface area (Å²) in [5, 5.41) is 2.81. The highest BCUT2D eigenvalue weighted by molar-refractivity contribution is 14.1. The third-order valence-corrected chi connectivity index (χ3v) is 9.57. The molecule has 0 saturated heterocycles. The third-order valence-electron chi connectivity index (χ3n) is 7.07. The number of fused-ring (bicyclic) bond motifs is 1. The van der Waals surface area contributed by atoms with E-state index in [1.54, 1.807) is 42.9 Å². The molecule has 45 heavy (non-hydrogen) atoms. The number of nitrogens with one attached hydrogen (secondary N) is 1. The Morgan fingerprint density at radius 2 is 1.89 bits per heavy atom. The Kier molecular flexibility index (Phi) is 9.12. The summed E-state index contributed by atoms with van der Waals surface area (Å²) >= 11 is 3.64. The Bertz CT molecular complexity index is 1920. The van der Waals surface area contributed by atoms with Gasteiger partial charge in [-0.05, 0) is 55.8 Å². The first kappa shape index (κ1) is 30.7. The first-order chi connectivity index (χ1) is 21.8. The summed E-state index contributed by atoms with van der Waals surface area (Å²) in [4.78, 5) is 25.3. The monoisotopic (exact) mass is 739 g/mol. The Morgan fingerprint density at radius 1 is 1.07 bits per heavy atom. The van der Waals surface area contributed by atoms with Crippen LogP contribution in [0.1, 0.15) is 19.4 Å². The number of ether oxygens (including phenoxy) is 2. The maximum Gasteiger partial charge on any atom is 0.258 e. The van der Waals surface area contributed by atoms with Gasteiger partial charge in [0.05, 0.1) is 39.3 Å². The number of rotatable bonds is 10. The molecule has 0 radical (unpaired) electrons. The smallest absolute Gasteiger partial charge is 0.258 e. The molecule has 12 heteroatoms. The van der Waals surface area contributed by atoms with Gasteiger partial charge in [-0.3, -0.25) is 9.78 Å². The SMILES string of the molecule is CCOC1=C(C(=O)Nc2ccc(Oc3ccnc4cc(-c5cn(CC)cn5)sc34)c(F)c2)C(I)N(Cc2ccc(F)cc2)C=C1. The van der Waals surface area contributed by atoms with Gasteiger partial charge in [0.15, 0.2) is 11.6 Å². The molecule has 1 aliphatic rings. The minimum Gasteiger partial charge on any atom is -0.493 e. The highest BCUT2D eigenvalue weighted by atomic mass is 127. The molecule has 1 aliphatic heterocycles. The standard InChI is InChI=1S/C33H28F2IN5O3S/c1-3-40-18-25(38-19-40)29-16-24-31(45-29)28(11-13-37-24)44-26-10-9-22(15-23(26)35)39-33(42)30-27(43-4-2)12-14-41(32(30)36)17-20-5-7-21(34)8-6-20/h5-16,18-19,32H,3-4,17H2,1-2H3,(H,39,42). The number of halogens is 3. The van der Waals surface area contributed by atoms with Crippen molar-refractivity contribution in [3.05, 3.63) is 114 Å². The number of thiophene rings is 1. The summed E-state index contributed by atoms with van der Waals surface area (Å²) < 4.78 is 42.9. The van der Waals surface area contributed by atoms with Crippen molar-refractivity contribution in [1.82, 2.24) is 19.4 Å². The number of amides is 1. The lowest BCUT2D eigenvalue weighted by Crippen LogP contribution is -2.35. The van der Waals surface area contributed by atoms with E-state index < -0.39 is 15.8 Å². The van der Waals surface area contributed by atoms with Crippen LogP contribution in [0.5, 0.6) is 11.5 Å². The molecule has 1 unspecified atom stereocenters. The fourth-order valence-corrected chi connectivity index (χ4v) is 6.81. The molecule has 230 valence electrons. The number of carbonyl (C=O) groups is 1. The quantitative estimate of drug-likeness (QED) is 0.0883. The van der Waals surface area contributed by atoms with E-state index in [1.807, 2.05) is 41.8 Å². The minimum atomic E-state index is -0.636. The van der Waals surface area contributed by atoms with Crippen LogP contribution in [0, 0.1) is 11.6 Å². The summed E-state index contributed by atoms with van der Waals surface area (Å²) in [6.45, 7) is 5.53. The second-order valence-corrected chi connectivity index (χ2v) is 12.3. The van der Waals surface area contributed by atoms with E-state index in [4.69, 9.17) is 9.47 Å². The molecule has 1 atom stereocenters. The number of nitrogens with zero attached hydrogens (tertiary/aromatic N) is 4. The molecule has 0 spiro atoms. The highest BCUT2D eigenvalue weighted by Crippen LogP contribution is 2.39. The molecule has 5 aromatic rings. The second kappa shape index (κ2) is 13.4. The molecule has 8 nitrogen and oxygen atoms in total. The average molecular weight is 740 g/mol. The number of imidazole rings is 1. The van der Waals surface area contributed by atoms with Crippen molar-refractivity contribution < 1.29 is 23.0 Å². The molecule has 0 aliphatic carbocycles. The Labute approximate surface area is 276 Å². The van der Waals surface area contributed by atoms with Gasteiger partial charge in [-0.1, -0.05) is 34.7 Å². The van der Waals surface area contributed by atoms with Crippen LogP contribution in [0.25, 0.3) is 20.8 Å². The van der Waals surface area contributed by atoms with Gasteiger partial charge < -0.3 is 24.3 Å². The zero-order valence-electron chi connectivity index (χ0n) is 24.3. The van der Waals surface area contributed by atoms with E-state index in [-0.39, 0.29) is 17.3 Å². The summed E-state index contributed by atoms with van der Waals surface area (Å²) in [6.07, 6.45) is 8.95. The number of alkyl halides is 1. The number of carbonyl (C=O) groups excluding carboxylic acids is 1. The molecule has 0 saturated carbocycles. The number of anilines is 1. The number of benzene rings is 2. The van der Waals surface area contributed by atoms with Crippen LogP contribution < -0.4 is 10.1 Å². The van der Waals surface area contributed by atoms with Crippen molar-refractivity contribution >= 4 is 55.7 Å². The van der Waals surface area contributed by atoms with Gasteiger partial charge in [0, 0.05) is 49.5 Å². The first-order valence-electron chi connectivity index (χ1n) is 14.2. The largest absolute Gasteiger partial charge is 0.493 e. The van der Waals surface area contributed by atoms with E-state index in [9.17, 15) is 9.18 Å². The lowest BCUT2D eigenvalue weighted by Gasteiger charge is -2.32. The zero-order chi connectivity index (χ0) is 31.5. The fourth-order valence-electron chi connectivity index (χ4n) is 4.81. The lowest BCUT2D eigenvalue weighted by atomic mass is 10.1. The summed E-state index contributed by atoms with van der Waals surface area (Å²) in [7, 11) is 0. The van der Waals surface area contributed by atoms with Gasteiger partial charge in [0.1, 0.15) is 21.4 Å². The fraction of sp³-hybridized carbons (Fsp3) is 0.182. The molecule has 3 aromatic heterocycles.